The molecule has 0 bridgehead atoms. The Morgan fingerprint density at radius 2 is 1.69 bits per heavy atom. The summed E-state index contributed by atoms with van der Waals surface area (Å²) in [5, 5.41) is -0.420. The van der Waals surface area contributed by atoms with Crippen molar-refractivity contribution >= 4 is 9.84 Å². The molecule has 1 unspecified atom stereocenters. The molecular weight excluding hydrogens is 350 g/mol. The van der Waals surface area contributed by atoms with Crippen molar-refractivity contribution in [2.24, 2.45) is 0 Å². The zero-order valence-corrected chi connectivity index (χ0v) is 16.0. The number of hydrogen-bond donors (Lipinski definition) is 0. The lowest BCUT2D eigenvalue weighted by Crippen LogP contribution is -2.41. The summed E-state index contributed by atoms with van der Waals surface area (Å²) in [6, 6.07) is 15.0. The molecule has 2 aromatic carbocycles. The number of likely N-dealkylation sites (tertiary alicyclic amines) is 1. The average Bonchev–Trinajstić information content (AvgIpc) is 2.68. The second kappa shape index (κ2) is 8.10. The van der Waals surface area contributed by atoms with E-state index in [4.69, 9.17) is 9.47 Å². The van der Waals surface area contributed by atoms with E-state index in [0.717, 1.165) is 19.5 Å². The van der Waals surface area contributed by atoms with Crippen LogP contribution in [0.15, 0.2) is 53.4 Å². The predicted octanol–water partition coefficient (Wildman–Crippen LogP) is 3.14. The molecule has 0 aliphatic carbocycles. The Kier molecular flexibility index (Phi) is 5.84. The molecule has 1 fully saturated rings. The van der Waals surface area contributed by atoms with Crippen LogP contribution in [0.5, 0.6) is 11.5 Å². The first-order chi connectivity index (χ1) is 12.5. The third-order valence-corrected chi connectivity index (χ3v) is 6.96. The van der Waals surface area contributed by atoms with E-state index in [1.54, 1.807) is 18.2 Å². The molecule has 26 heavy (non-hydrogen) atoms. The van der Waals surface area contributed by atoms with Crippen LogP contribution in [0.3, 0.4) is 0 Å². The van der Waals surface area contributed by atoms with Gasteiger partial charge in [-0.15, -0.1) is 0 Å². The molecule has 0 N–H and O–H groups in total. The van der Waals surface area contributed by atoms with Gasteiger partial charge in [0.25, 0.3) is 0 Å². The van der Waals surface area contributed by atoms with E-state index in [9.17, 15) is 8.42 Å². The van der Waals surface area contributed by atoms with Crippen molar-refractivity contribution in [2.75, 3.05) is 27.3 Å². The maximum Gasteiger partial charge on any atom is 0.182 e. The minimum atomic E-state index is -3.45. The average molecular weight is 375 g/mol. The highest BCUT2D eigenvalue weighted by Crippen LogP contribution is 2.30. The van der Waals surface area contributed by atoms with Crippen LogP contribution in [0.1, 0.15) is 18.4 Å². The molecule has 6 heteroatoms. The van der Waals surface area contributed by atoms with Crippen LogP contribution in [0.2, 0.25) is 0 Å². The molecule has 0 saturated carbocycles. The Labute approximate surface area is 155 Å². The van der Waals surface area contributed by atoms with Crippen molar-refractivity contribution in [2.45, 2.75) is 29.5 Å². The molecule has 5 nitrogen and oxygen atoms in total. The first-order valence-electron chi connectivity index (χ1n) is 8.76. The van der Waals surface area contributed by atoms with Gasteiger partial charge in [-0.25, -0.2) is 8.42 Å². The van der Waals surface area contributed by atoms with E-state index >= 15 is 0 Å². The highest BCUT2D eigenvalue weighted by atomic mass is 32.2. The van der Waals surface area contributed by atoms with Gasteiger partial charge in [0.15, 0.2) is 9.84 Å². The first kappa shape index (κ1) is 18.7. The van der Waals surface area contributed by atoms with Crippen LogP contribution >= 0.6 is 0 Å². The number of hydrogen-bond acceptors (Lipinski definition) is 5. The maximum atomic E-state index is 13.2. The van der Waals surface area contributed by atoms with E-state index in [2.05, 4.69) is 17.0 Å². The van der Waals surface area contributed by atoms with Gasteiger partial charge in [0.1, 0.15) is 11.5 Å². The van der Waals surface area contributed by atoms with Crippen LogP contribution in [-0.4, -0.2) is 45.9 Å². The molecule has 140 valence electrons. The summed E-state index contributed by atoms with van der Waals surface area (Å²) < 4.78 is 36.8. The summed E-state index contributed by atoms with van der Waals surface area (Å²) in [7, 11) is -0.412. The van der Waals surface area contributed by atoms with Crippen molar-refractivity contribution in [1.29, 1.82) is 0 Å². The highest BCUT2D eigenvalue weighted by Gasteiger charge is 2.32. The van der Waals surface area contributed by atoms with Crippen LogP contribution in [0.25, 0.3) is 0 Å². The summed E-state index contributed by atoms with van der Waals surface area (Å²) in [5.74, 6) is 0.972. The number of sulfone groups is 1. The number of ether oxygens (including phenoxy) is 2. The second-order valence-corrected chi connectivity index (χ2v) is 8.81. The Morgan fingerprint density at radius 1 is 1.04 bits per heavy atom. The van der Waals surface area contributed by atoms with E-state index < -0.39 is 15.1 Å². The zero-order valence-electron chi connectivity index (χ0n) is 15.2. The Bertz CT molecular complexity index is 814. The molecule has 2 aromatic rings. The lowest BCUT2D eigenvalue weighted by atomic mass is 10.1. The van der Waals surface area contributed by atoms with E-state index in [-0.39, 0.29) is 4.90 Å². The van der Waals surface area contributed by atoms with Gasteiger partial charge in [0.05, 0.1) is 24.4 Å². The van der Waals surface area contributed by atoms with Crippen molar-refractivity contribution in [3.05, 3.63) is 54.1 Å². The van der Waals surface area contributed by atoms with Gasteiger partial charge in [-0.2, -0.15) is 0 Å². The maximum absolute atomic E-state index is 13.2. The molecule has 0 spiro atoms. The van der Waals surface area contributed by atoms with Crippen molar-refractivity contribution < 1.29 is 17.9 Å². The highest BCUT2D eigenvalue weighted by molar-refractivity contribution is 7.92. The number of rotatable bonds is 6. The Morgan fingerprint density at radius 3 is 2.31 bits per heavy atom. The largest absolute Gasteiger partial charge is 0.497 e. The number of methoxy groups -OCH3 is 2. The summed E-state index contributed by atoms with van der Waals surface area (Å²) >= 11 is 0. The normalized spacial score (nSPS) is 18.5. The molecule has 0 amide bonds. The third-order valence-electron chi connectivity index (χ3n) is 4.80. The van der Waals surface area contributed by atoms with Gasteiger partial charge in [-0.3, -0.25) is 4.90 Å². The third kappa shape index (κ3) is 4.19. The quantitative estimate of drug-likeness (QED) is 0.776. The molecular formula is C20H25NO4S. The molecule has 1 atom stereocenters. The molecule has 1 saturated heterocycles. The lowest BCUT2D eigenvalue weighted by Gasteiger charge is -2.32. The second-order valence-electron chi connectivity index (χ2n) is 6.58. The SMILES string of the molecule is COc1cc(OC)cc(S(=O)(=O)C2CCCN(Cc3ccccc3)C2)c1. The summed E-state index contributed by atoms with van der Waals surface area (Å²) in [6.07, 6.45) is 1.55. The molecule has 1 aliphatic heterocycles. The fourth-order valence-corrected chi connectivity index (χ4v) is 5.22. The molecule has 3 rings (SSSR count). The zero-order chi connectivity index (χ0) is 18.6. The molecule has 0 radical (unpaired) electrons. The van der Waals surface area contributed by atoms with Crippen LogP contribution in [-0.2, 0) is 16.4 Å². The monoisotopic (exact) mass is 375 g/mol. The number of nitrogens with zero attached hydrogens (tertiary/aromatic N) is 1. The number of benzene rings is 2. The van der Waals surface area contributed by atoms with Gasteiger partial charge < -0.3 is 9.47 Å². The van der Waals surface area contributed by atoms with Gasteiger partial charge in [-0.05, 0) is 37.1 Å². The summed E-state index contributed by atoms with van der Waals surface area (Å²) in [4.78, 5) is 2.48. The van der Waals surface area contributed by atoms with E-state index in [0.29, 0.717) is 24.5 Å². The molecule has 1 aliphatic rings. The van der Waals surface area contributed by atoms with Crippen molar-refractivity contribution in [3.8, 4) is 11.5 Å². The lowest BCUT2D eigenvalue weighted by molar-refractivity contribution is 0.222. The topological polar surface area (TPSA) is 55.8 Å². The van der Waals surface area contributed by atoms with Crippen molar-refractivity contribution in [3.63, 3.8) is 0 Å². The summed E-state index contributed by atoms with van der Waals surface area (Å²) in [5.41, 5.74) is 1.20. The van der Waals surface area contributed by atoms with Gasteiger partial charge in [-0.1, -0.05) is 30.3 Å². The smallest absolute Gasteiger partial charge is 0.182 e. The number of piperidine rings is 1. The standard InChI is InChI=1S/C20H25NO4S/c1-24-17-11-18(25-2)13-20(12-17)26(22,23)19-9-6-10-21(15-19)14-16-7-4-3-5-8-16/h3-5,7-8,11-13,19H,6,9-10,14-15H2,1-2H3. The van der Waals surface area contributed by atoms with Gasteiger partial charge in [0.2, 0.25) is 0 Å². The fraction of sp³-hybridized carbons (Fsp3) is 0.400. The minimum absolute atomic E-state index is 0.264. The van der Waals surface area contributed by atoms with E-state index in [1.165, 1.54) is 19.8 Å². The first-order valence-corrected chi connectivity index (χ1v) is 10.3. The van der Waals surface area contributed by atoms with Crippen LogP contribution in [0.4, 0.5) is 0 Å². The van der Waals surface area contributed by atoms with Crippen LogP contribution in [0, 0.1) is 0 Å². The Balaban J connectivity index is 1.80. The van der Waals surface area contributed by atoms with Crippen LogP contribution < -0.4 is 9.47 Å². The fourth-order valence-electron chi connectivity index (χ4n) is 3.39. The molecule has 0 aromatic heterocycles. The van der Waals surface area contributed by atoms with E-state index in [1.807, 2.05) is 18.2 Å². The Hall–Kier alpha value is -2.05. The van der Waals surface area contributed by atoms with Crippen molar-refractivity contribution in [1.82, 2.24) is 4.90 Å². The predicted molar refractivity (Wildman–Crippen MR) is 101 cm³/mol. The molecule has 1 heterocycles. The summed E-state index contributed by atoms with van der Waals surface area (Å²) in [6.45, 7) is 2.23. The minimum Gasteiger partial charge on any atom is -0.497 e. The van der Waals surface area contributed by atoms with Gasteiger partial charge >= 0.3 is 0 Å². The van der Waals surface area contributed by atoms with Gasteiger partial charge in [0, 0.05) is 19.2 Å².